The second-order valence-corrected chi connectivity index (χ2v) is 12.0. The number of nitrogens with zero attached hydrogens (tertiary/aromatic N) is 2. The number of aryl methyl sites for hydroxylation is 1. The van der Waals surface area contributed by atoms with E-state index in [-0.39, 0.29) is 13.2 Å². The van der Waals surface area contributed by atoms with E-state index in [4.69, 9.17) is 32.6 Å². The number of carbonyl (C=O) groups excluding carboxylic acids is 1. The number of hydrogen-bond acceptors (Lipinski definition) is 10. The molecule has 230 valence electrons. The average Bonchev–Trinajstić information content (AvgIpc) is 3.59. The molecule has 0 bridgehead atoms. The summed E-state index contributed by atoms with van der Waals surface area (Å²) in [6.07, 6.45) is -0.599. The Bertz CT molecular complexity index is 1600. The summed E-state index contributed by atoms with van der Waals surface area (Å²) in [5.41, 5.74) is 1.19. The van der Waals surface area contributed by atoms with Crippen LogP contribution in [0.5, 0.6) is 11.5 Å². The molecule has 5 rings (SSSR count). The van der Waals surface area contributed by atoms with Crippen molar-refractivity contribution in [3.8, 4) is 34.3 Å². The third-order valence-electron chi connectivity index (χ3n) is 6.82. The molecule has 43 heavy (non-hydrogen) atoms. The molecule has 0 atom stereocenters. The fourth-order valence-corrected chi connectivity index (χ4v) is 4.79. The van der Waals surface area contributed by atoms with Gasteiger partial charge in [-0.05, 0) is 97.4 Å². The van der Waals surface area contributed by atoms with Crippen molar-refractivity contribution < 1.29 is 37.4 Å². The lowest BCUT2D eigenvalue weighted by Gasteiger charge is -2.42. The SMILES string of the molecule is CCOc1ccc(-c2nc(-c3cc(C)c4oc(C5(NC(=O)OC(C)(C)C)COC(C)(C)OC5)cc4c3)no2)cc1OCC. The van der Waals surface area contributed by atoms with Crippen LogP contribution in [0, 0.1) is 6.92 Å². The molecule has 2 aromatic carbocycles. The standard InChI is InChI=1S/C32H39N3O8/c1-9-37-23-12-11-20(15-24(23)38-10-2)28-33-27(35-43-28)22-13-19(3)26-21(14-22)16-25(41-26)32(17-39-31(7,8)40-18-32)34-29(36)42-30(4,5)6/h11-16H,9-10,17-18H2,1-8H3,(H,34,36). The molecule has 3 heterocycles. The summed E-state index contributed by atoms with van der Waals surface area (Å²) in [5, 5.41) is 7.99. The Morgan fingerprint density at radius 3 is 2.35 bits per heavy atom. The largest absolute Gasteiger partial charge is 0.490 e. The van der Waals surface area contributed by atoms with Crippen molar-refractivity contribution in [3.63, 3.8) is 0 Å². The Morgan fingerprint density at radius 1 is 0.977 bits per heavy atom. The van der Waals surface area contributed by atoms with Crippen molar-refractivity contribution >= 4 is 17.1 Å². The number of alkyl carbamates (subject to hydrolysis) is 1. The number of fused-ring (bicyclic) bond motifs is 1. The molecule has 2 aromatic heterocycles. The zero-order chi connectivity index (χ0) is 31.0. The van der Waals surface area contributed by atoms with Gasteiger partial charge >= 0.3 is 6.09 Å². The van der Waals surface area contributed by atoms with Gasteiger partial charge in [0.2, 0.25) is 5.82 Å². The Morgan fingerprint density at radius 2 is 1.67 bits per heavy atom. The summed E-state index contributed by atoms with van der Waals surface area (Å²) in [6.45, 7) is 16.1. The maximum atomic E-state index is 12.9. The van der Waals surface area contributed by atoms with Gasteiger partial charge in [-0.25, -0.2) is 4.79 Å². The molecule has 1 aliphatic rings. The second kappa shape index (κ2) is 11.5. The highest BCUT2D eigenvalue weighted by atomic mass is 16.7. The zero-order valence-corrected chi connectivity index (χ0v) is 26.0. The van der Waals surface area contributed by atoms with Gasteiger partial charge in [0.1, 0.15) is 22.5 Å². The fraction of sp³-hybridized carbons (Fsp3) is 0.469. The van der Waals surface area contributed by atoms with E-state index in [1.165, 1.54) is 0 Å². The van der Waals surface area contributed by atoms with Gasteiger partial charge < -0.3 is 37.9 Å². The zero-order valence-electron chi connectivity index (χ0n) is 26.0. The predicted octanol–water partition coefficient (Wildman–Crippen LogP) is 6.76. The monoisotopic (exact) mass is 593 g/mol. The van der Waals surface area contributed by atoms with Crippen LogP contribution in [0.2, 0.25) is 0 Å². The van der Waals surface area contributed by atoms with E-state index in [1.807, 2.05) is 71.0 Å². The first kappa shape index (κ1) is 30.4. The number of rotatable bonds is 8. The number of carbonyl (C=O) groups is 1. The highest BCUT2D eigenvalue weighted by Gasteiger charge is 2.46. The summed E-state index contributed by atoms with van der Waals surface area (Å²) in [4.78, 5) is 17.5. The van der Waals surface area contributed by atoms with Gasteiger partial charge in [0.05, 0.1) is 26.4 Å². The van der Waals surface area contributed by atoms with Gasteiger partial charge in [0.15, 0.2) is 17.3 Å². The summed E-state index contributed by atoms with van der Waals surface area (Å²) in [7, 11) is 0. The predicted molar refractivity (Wildman–Crippen MR) is 159 cm³/mol. The minimum absolute atomic E-state index is 0.130. The number of ether oxygens (including phenoxy) is 5. The highest BCUT2D eigenvalue weighted by molar-refractivity contribution is 5.86. The van der Waals surface area contributed by atoms with Crippen molar-refractivity contribution in [3.05, 3.63) is 47.7 Å². The summed E-state index contributed by atoms with van der Waals surface area (Å²) in [6, 6.07) is 11.2. The van der Waals surface area contributed by atoms with E-state index < -0.39 is 23.0 Å². The lowest BCUT2D eigenvalue weighted by molar-refractivity contribution is -0.274. The molecule has 1 N–H and O–H groups in total. The molecule has 1 amide bonds. The normalized spacial score (nSPS) is 16.2. The number of aromatic nitrogens is 2. The Labute approximate surface area is 250 Å². The third-order valence-corrected chi connectivity index (χ3v) is 6.82. The minimum atomic E-state index is -1.10. The molecular formula is C32H39N3O8. The lowest BCUT2D eigenvalue weighted by Crippen LogP contribution is -2.59. The van der Waals surface area contributed by atoms with Crippen molar-refractivity contribution in [1.29, 1.82) is 0 Å². The van der Waals surface area contributed by atoms with E-state index in [9.17, 15) is 4.79 Å². The highest BCUT2D eigenvalue weighted by Crippen LogP contribution is 2.38. The van der Waals surface area contributed by atoms with Crippen LogP contribution in [0.25, 0.3) is 33.8 Å². The molecule has 0 unspecified atom stereocenters. The Balaban J connectivity index is 1.47. The summed E-state index contributed by atoms with van der Waals surface area (Å²) < 4.78 is 40.9. The van der Waals surface area contributed by atoms with Gasteiger partial charge in [-0.15, -0.1) is 0 Å². The topological polar surface area (TPSA) is 127 Å². The molecule has 11 heteroatoms. The van der Waals surface area contributed by atoms with Crippen LogP contribution in [-0.2, 0) is 19.7 Å². The first-order chi connectivity index (χ1) is 20.3. The molecule has 0 radical (unpaired) electrons. The molecule has 1 saturated heterocycles. The van der Waals surface area contributed by atoms with Crippen LogP contribution in [0.15, 0.2) is 45.3 Å². The smallest absolute Gasteiger partial charge is 0.408 e. The van der Waals surface area contributed by atoms with E-state index in [1.54, 1.807) is 20.8 Å². The molecule has 1 fully saturated rings. The van der Waals surface area contributed by atoms with Gasteiger partial charge in [0.25, 0.3) is 5.89 Å². The third kappa shape index (κ3) is 6.62. The van der Waals surface area contributed by atoms with E-state index in [2.05, 4.69) is 15.5 Å². The average molecular weight is 594 g/mol. The summed E-state index contributed by atoms with van der Waals surface area (Å²) >= 11 is 0. The fourth-order valence-electron chi connectivity index (χ4n) is 4.79. The van der Waals surface area contributed by atoms with Crippen molar-refractivity contribution in [2.24, 2.45) is 0 Å². The van der Waals surface area contributed by atoms with Gasteiger partial charge in [-0.3, -0.25) is 0 Å². The van der Waals surface area contributed by atoms with Crippen molar-refractivity contribution in [2.45, 2.75) is 72.3 Å². The van der Waals surface area contributed by atoms with Crippen LogP contribution in [0.4, 0.5) is 4.79 Å². The van der Waals surface area contributed by atoms with E-state index in [0.717, 1.165) is 16.5 Å². The van der Waals surface area contributed by atoms with Crippen LogP contribution in [-0.4, -0.2) is 54.0 Å². The van der Waals surface area contributed by atoms with Gasteiger partial charge in [0, 0.05) is 16.5 Å². The quantitative estimate of drug-likeness (QED) is 0.234. The van der Waals surface area contributed by atoms with Crippen molar-refractivity contribution in [2.75, 3.05) is 26.4 Å². The molecule has 0 saturated carbocycles. The molecule has 1 aliphatic heterocycles. The number of hydrogen-bond donors (Lipinski definition) is 1. The minimum Gasteiger partial charge on any atom is -0.490 e. The number of nitrogens with one attached hydrogen (secondary N) is 1. The van der Waals surface area contributed by atoms with Gasteiger partial charge in [-0.2, -0.15) is 4.98 Å². The van der Waals surface area contributed by atoms with Gasteiger partial charge in [-0.1, -0.05) is 5.16 Å². The lowest BCUT2D eigenvalue weighted by atomic mass is 9.96. The van der Waals surface area contributed by atoms with Crippen LogP contribution < -0.4 is 14.8 Å². The number of furan rings is 1. The second-order valence-electron chi connectivity index (χ2n) is 12.0. The van der Waals surface area contributed by atoms with E-state index in [0.29, 0.717) is 53.3 Å². The number of amides is 1. The first-order valence-corrected chi connectivity index (χ1v) is 14.4. The van der Waals surface area contributed by atoms with E-state index >= 15 is 0 Å². The maximum Gasteiger partial charge on any atom is 0.408 e. The molecule has 4 aromatic rings. The van der Waals surface area contributed by atoms with Crippen LogP contribution in [0.3, 0.4) is 0 Å². The first-order valence-electron chi connectivity index (χ1n) is 14.4. The van der Waals surface area contributed by atoms with Crippen LogP contribution in [0.1, 0.15) is 59.8 Å². The molecular weight excluding hydrogens is 554 g/mol. The molecule has 0 spiro atoms. The molecule has 0 aliphatic carbocycles. The maximum absolute atomic E-state index is 12.9. The number of benzene rings is 2. The molecule has 11 nitrogen and oxygen atoms in total. The van der Waals surface area contributed by atoms with Crippen molar-refractivity contribution in [1.82, 2.24) is 15.5 Å². The van der Waals surface area contributed by atoms with Crippen LogP contribution >= 0.6 is 0 Å². The summed E-state index contributed by atoms with van der Waals surface area (Å²) in [5.74, 6) is 1.71. The Hall–Kier alpha value is -4.09. The Kier molecular flexibility index (Phi) is 8.15.